The number of piperidine rings is 1. The van der Waals surface area contributed by atoms with Gasteiger partial charge in [-0.25, -0.2) is 12.8 Å². The van der Waals surface area contributed by atoms with Gasteiger partial charge in [0, 0.05) is 5.02 Å². The fourth-order valence-corrected chi connectivity index (χ4v) is 6.04. The first-order valence-corrected chi connectivity index (χ1v) is 13.1. The molecule has 1 atom stereocenters. The monoisotopic (exact) mass is 519 g/mol. The number of amides is 1. The predicted molar refractivity (Wildman–Crippen MR) is 127 cm³/mol. The second-order valence-corrected chi connectivity index (χ2v) is 11.1. The molecule has 2 aliphatic heterocycles. The Balaban J connectivity index is 1.60. The lowest BCUT2D eigenvalue weighted by Crippen LogP contribution is -2.45. The van der Waals surface area contributed by atoms with E-state index in [-0.39, 0.29) is 34.6 Å². The molecule has 2 aliphatic rings. The maximum atomic E-state index is 15.2. The number of rotatable bonds is 4. The van der Waals surface area contributed by atoms with Crippen molar-refractivity contribution in [3.63, 3.8) is 0 Å². The number of sulfone groups is 1. The van der Waals surface area contributed by atoms with Crippen molar-refractivity contribution in [3.05, 3.63) is 52.8 Å². The zero-order valence-electron chi connectivity index (χ0n) is 18.6. The Labute approximate surface area is 206 Å². The van der Waals surface area contributed by atoms with E-state index >= 15 is 4.39 Å². The van der Waals surface area contributed by atoms with Gasteiger partial charge in [0.1, 0.15) is 5.82 Å². The van der Waals surface area contributed by atoms with E-state index < -0.39 is 33.4 Å². The quantitative estimate of drug-likeness (QED) is 0.531. The zero-order chi connectivity index (χ0) is 24.7. The first-order valence-electron chi connectivity index (χ1n) is 11.1. The van der Waals surface area contributed by atoms with Gasteiger partial charge in [0.25, 0.3) is 0 Å². The van der Waals surface area contributed by atoms with Crippen molar-refractivity contribution >= 4 is 33.0 Å². The van der Waals surface area contributed by atoms with Gasteiger partial charge in [-0.2, -0.15) is 4.80 Å². The molecule has 1 fully saturated rings. The van der Waals surface area contributed by atoms with Crippen LogP contribution >= 0.6 is 11.6 Å². The highest BCUT2D eigenvalue weighted by Crippen LogP contribution is 2.36. The van der Waals surface area contributed by atoms with Gasteiger partial charge in [0.05, 0.1) is 40.5 Å². The van der Waals surface area contributed by atoms with E-state index in [1.54, 1.807) is 24.3 Å². The van der Waals surface area contributed by atoms with Crippen LogP contribution in [0.2, 0.25) is 5.02 Å². The first-order chi connectivity index (χ1) is 16.7. The number of carbonyl (C=O) groups is 1. The molecule has 13 heteroatoms. The second-order valence-electron chi connectivity index (χ2n) is 8.65. The number of carbonyl (C=O) groups excluding carboxylic acids is 1. The molecule has 0 aliphatic carbocycles. The van der Waals surface area contributed by atoms with Gasteiger partial charge in [-0.3, -0.25) is 4.79 Å². The lowest BCUT2D eigenvalue weighted by Gasteiger charge is -2.24. The van der Waals surface area contributed by atoms with Gasteiger partial charge in [0.2, 0.25) is 11.7 Å². The third-order valence-corrected chi connectivity index (χ3v) is 8.26. The average Bonchev–Trinajstić information content (AvgIpc) is 3.31. The van der Waals surface area contributed by atoms with Crippen LogP contribution in [0.4, 0.5) is 10.1 Å². The molecule has 0 spiro atoms. The summed E-state index contributed by atoms with van der Waals surface area (Å²) in [6.45, 7) is 1.65. The number of nitrogens with two attached hydrogens (primary N) is 1. The summed E-state index contributed by atoms with van der Waals surface area (Å²) in [7, 11) is -4.04. The number of hydrogen-bond acceptors (Lipinski definition) is 8. The zero-order valence-corrected chi connectivity index (χ0v) is 20.1. The summed E-state index contributed by atoms with van der Waals surface area (Å²) >= 11 is 5.97. The van der Waals surface area contributed by atoms with Crippen molar-refractivity contribution in [3.8, 4) is 11.4 Å². The standard InChI is InChI=1S/C22H23ClFN7O3S/c23-14-3-1-13(2-4-14)11-30-19-9-16(21-27-29-31(28-21)15-5-7-26-8-6-15)17(24)10-20(19)35(33,34)12-18(25)22(30)32/h1-4,9-10,15,18,26H,5-8,11-12,25H2/t18-/m0/s1. The van der Waals surface area contributed by atoms with Crippen LogP contribution in [0, 0.1) is 5.82 Å². The number of halogens is 2. The lowest BCUT2D eigenvalue weighted by molar-refractivity contribution is -0.119. The summed E-state index contributed by atoms with van der Waals surface area (Å²) in [5.41, 5.74) is 6.61. The Bertz CT molecular complexity index is 1370. The van der Waals surface area contributed by atoms with Crippen LogP contribution < -0.4 is 16.0 Å². The van der Waals surface area contributed by atoms with Crippen LogP contribution in [-0.4, -0.2) is 59.4 Å². The minimum absolute atomic E-state index is 0.00803. The molecule has 3 heterocycles. The number of anilines is 1. The molecule has 1 saturated heterocycles. The molecule has 1 aromatic heterocycles. The van der Waals surface area contributed by atoms with Gasteiger partial charge >= 0.3 is 0 Å². The Hall–Kier alpha value is -2.93. The van der Waals surface area contributed by atoms with Gasteiger partial charge in [-0.15, -0.1) is 10.2 Å². The van der Waals surface area contributed by atoms with Crippen LogP contribution in [0.5, 0.6) is 0 Å². The molecule has 2 aromatic carbocycles. The molecule has 3 N–H and O–H groups in total. The second kappa shape index (κ2) is 9.26. The maximum absolute atomic E-state index is 15.2. The third kappa shape index (κ3) is 4.66. The van der Waals surface area contributed by atoms with Crippen molar-refractivity contribution in [2.24, 2.45) is 5.73 Å². The predicted octanol–water partition coefficient (Wildman–Crippen LogP) is 1.70. The smallest absolute Gasteiger partial charge is 0.245 e. The Morgan fingerprint density at radius 1 is 1.17 bits per heavy atom. The van der Waals surface area contributed by atoms with Crippen LogP contribution in [0.15, 0.2) is 41.3 Å². The van der Waals surface area contributed by atoms with E-state index in [9.17, 15) is 13.2 Å². The summed E-state index contributed by atoms with van der Waals surface area (Å²) in [6.07, 6.45) is 1.62. The number of hydrogen-bond donors (Lipinski definition) is 2. The normalized spacial score (nSPS) is 20.5. The van der Waals surface area contributed by atoms with E-state index in [1.807, 2.05) is 0 Å². The molecule has 184 valence electrons. The number of nitrogens with one attached hydrogen (secondary N) is 1. The van der Waals surface area contributed by atoms with Gasteiger partial charge < -0.3 is 16.0 Å². The molecule has 0 unspecified atom stereocenters. The van der Waals surface area contributed by atoms with Crippen molar-refractivity contribution in [1.82, 2.24) is 25.5 Å². The van der Waals surface area contributed by atoms with Crippen LogP contribution in [0.1, 0.15) is 24.4 Å². The summed E-state index contributed by atoms with van der Waals surface area (Å²) in [6, 6.07) is 7.69. The lowest BCUT2D eigenvalue weighted by atomic mass is 10.1. The molecule has 0 bridgehead atoms. The summed E-state index contributed by atoms with van der Waals surface area (Å²) in [5.74, 6) is -2.04. The van der Waals surface area contributed by atoms with E-state index in [4.69, 9.17) is 17.3 Å². The first kappa shape index (κ1) is 23.8. The van der Waals surface area contributed by atoms with Gasteiger partial charge in [-0.1, -0.05) is 23.7 Å². The Morgan fingerprint density at radius 2 is 1.89 bits per heavy atom. The third-order valence-electron chi connectivity index (χ3n) is 6.22. The molecule has 35 heavy (non-hydrogen) atoms. The fourth-order valence-electron chi connectivity index (χ4n) is 4.35. The molecule has 1 amide bonds. The van der Waals surface area contributed by atoms with E-state index in [0.717, 1.165) is 32.0 Å². The van der Waals surface area contributed by atoms with Crippen LogP contribution in [0.3, 0.4) is 0 Å². The van der Waals surface area contributed by atoms with Crippen LogP contribution in [-0.2, 0) is 21.2 Å². The van der Waals surface area contributed by atoms with Crippen molar-refractivity contribution in [1.29, 1.82) is 0 Å². The average molecular weight is 520 g/mol. The summed E-state index contributed by atoms with van der Waals surface area (Å²) in [5, 5.41) is 16.2. The highest BCUT2D eigenvalue weighted by Gasteiger charge is 2.37. The SMILES string of the molecule is N[C@H]1CS(=O)(=O)c2cc(F)c(-c3nnn(C4CCNCC4)n3)cc2N(Cc2ccc(Cl)cc2)C1=O. The van der Waals surface area contributed by atoms with Crippen LogP contribution in [0.25, 0.3) is 11.4 Å². The van der Waals surface area contributed by atoms with Crippen molar-refractivity contribution in [2.75, 3.05) is 23.7 Å². The molecule has 3 aromatic rings. The number of nitrogens with zero attached hydrogens (tertiary/aromatic N) is 5. The fraction of sp³-hybridized carbons (Fsp3) is 0.364. The number of tetrazole rings is 1. The number of aromatic nitrogens is 4. The topological polar surface area (TPSA) is 136 Å². The number of fused-ring (bicyclic) bond motifs is 1. The minimum Gasteiger partial charge on any atom is -0.319 e. The Kier molecular flexibility index (Phi) is 6.30. The molecular weight excluding hydrogens is 497 g/mol. The molecular formula is C22H23ClFN7O3S. The molecule has 0 saturated carbocycles. The molecule has 10 nitrogen and oxygen atoms in total. The highest BCUT2D eigenvalue weighted by molar-refractivity contribution is 7.91. The van der Waals surface area contributed by atoms with E-state index in [0.29, 0.717) is 10.6 Å². The van der Waals surface area contributed by atoms with Crippen molar-refractivity contribution < 1.29 is 17.6 Å². The van der Waals surface area contributed by atoms with Gasteiger partial charge in [0.15, 0.2) is 9.84 Å². The largest absolute Gasteiger partial charge is 0.319 e. The maximum Gasteiger partial charge on any atom is 0.245 e. The van der Waals surface area contributed by atoms with Crippen molar-refractivity contribution in [2.45, 2.75) is 36.4 Å². The Morgan fingerprint density at radius 3 is 2.60 bits per heavy atom. The molecule has 0 radical (unpaired) electrons. The summed E-state index contributed by atoms with van der Waals surface area (Å²) in [4.78, 5) is 15.6. The molecule has 5 rings (SSSR count). The minimum atomic E-state index is -4.04. The number of benzene rings is 2. The summed E-state index contributed by atoms with van der Waals surface area (Å²) < 4.78 is 41.3. The van der Waals surface area contributed by atoms with E-state index in [2.05, 4.69) is 20.7 Å². The van der Waals surface area contributed by atoms with Gasteiger partial charge in [-0.05, 0) is 61.0 Å². The van der Waals surface area contributed by atoms with E-state index in [1.165, 1.54) is 15.8 Å². The highest BCUT2D eigenvalue weighted by atomic mass is 35.5.